The van der Waals surface area contributed by atoms with Gasteiger partial charge in [-0.25, -0.2) is 4.99 Å². The van der Waals surface area contributed by atoms with Crippen LogP contribution in [0.2, 0.25) is 0 Å². The number of pyridine rings is 1. The summed E-state index contributed by atoms with van der Waals surface area (Å²) in [6.45, 7) is 3.03. The first-order valence-corrected chi connectivity index (χ1v) is 7.79. The van der Waals surface area contributed by atoms with Gasteiger partial charge in [-0.05, 0) is 24.3 Å². The first-order valence-electron chi connectivity index (χ1n) is 7.41. The molecule has 132 valence electrons. The third-order valence-corrected chi connectivity index (χ3v) is 3.90. The molecule has 1 aliphatic rings. The van der Waals surface area contributed by atoms with E-state index in [4.69, 9.17) is 16.3 Å². The fraction of sp³-hybridized carbons (Fsp3) is 0.250. The lowest BCUT2D eigenvalue weighted by molar-refractivity contribution is -0.384. The Labute approximate surface area is 155 Å². The van der Waals surface area contributed by atoms with E-state index in [0.717, 1.165) is 18.8 Å². The fourth-order valence-electron chi connectivity index (χ4n) is 2.37. The molecule has 2 heterocycles. The van der Waals surface area contributed by atoms with E-state index in [1.54, 1.807) is 18.3 Å². The van der Waals surface area contributed by atoms with Crippen LogP contribution in [0.3, 0.4) is 0 Å². The zero-order valence-electron chi connectivity index (χ0n) is 13.2. The van der Waals surface area contributed by atoms with Gasteiger partial charge in [-0.3, -0.25) is 15.1 Å². The molecule has 1 aromatic heterocycles. The molecule has 7 nitrogen and oxygen atoms in total. The highest BCUT2D eigenvalue weighted by Crippen LogP contribution is 2.21. The van der Waals surface area contributed by atoms with Gasteiger partial charge >= 0.3 is 0 Å². The Balaban J connectivity index is 0.00000225. The second kappa shape index (κ2) is 8.75. The molecule has 1 saturated heterocycles. The molecule has 0 radical (unpaired) electrons. The molecule has 0 spiro atoms. The molecule has 1 fully saturated rings. The lowest BCUT2D eigenvalue weighted by Gasteiger charge is -2.28. The van der Waals surface area contributed by atoms with Crippen LogP contribution in [0.4, 0.5) is 17.1 Å². The number of ether oxygens (including phenoxy) is 1. The highest BCUT2D eigenvalue weighted by Gasteiger charge is 2.13. The molecule has 9 heteroatoms. The van der Waals surface area contributed by atoms with Crippen LogP contribution in [0.15, 0.2) is 47.6 Å². The Hall–Kier alpha value is -2.22. The van der Waals surface area contributed by atoms with Crippen molar-refractivity contribution in [3.8, 4) is 0 Å². The number of hydrogen-bond donors (Lipinski definition) is 0. The Morgan fingerprint density at radius 1 is 1.24 bits per heavy atom. The maximum Gasteiger partial charge on any atom is 0.269 e. The highest BCUT2D eigenvalue weighted by atomic mass is 35.5. The molecule has 0 unspecified atom stereocenters. The second-order valence-corrected chi connectivity index (χ2v) is 5.53. The van der Waals surface area contributed by atoms with Crippen LogP contribution in [0.5, 0.6) is 0 Å². The van der Waals surface area contributed by atoms with Gasteiger partial charge < -0.3 is 9.64 Å². The van der Waals surface area contributed by atoms with E-state index >= 15 is 0 Å². The van der Waals surface area contributed by atoms with Gasteiger partial charge in [0, 0.05) is 37.1 Å². The third kappa shape index (κ3) is 4.88. The van der Waals surface area contributed by atoms with Gasteiger partial charge in [-0.2, -0.15) is 0 Å². The van der Waals surface area contributed by atoms with Gasteiger partial charge in [0.2, 0.25) is 0 Å². The summed E-state index contributed by atoms with van der Waals surface area (Å²) in [5, 5.41) is 10.9. The summed E-state index contributed by atoms with van der Waals surface area (Å²) in [6, 6.07) is 9.67. The number of benzene rings is 1. The summed E-state index contributed by atoms with van der Waals surface area (Å²) in [5.74, 6) is 0. The number of non-ortho nitro benzene ring substituents is 1. The molecule has 0 aliphatic carbocycles. The number of rotatable bonds is 4. The maximum absolute atomic E-state index is 10.7. The van der Waals surface area contributed by atoms with Crippen molar-refractivity contribution < 1.29 is 9.66 Å². The highest BCUT2D eigenvalue weighted by molar-refractivity contribution is 6.69. The number of aromatic nitrogens is 1. The molecule has 0 N–H and O–H groups in total. The topological polar surface area (TPSA) is 80.9 Å². The van der Waals surface area contributed by atoms with Crippen LogP contribution in [-0.2, 0) is 4.74 Å². The first kappa shape index (κ1) is 19.1. The van der Waals surface area contributed by atoms with Crippen molar-refractivity contribution in [3.63, 3.8) is 0 Å². The van der Waals surface area contributed by atoms with E-state index in [9.17, 15) is 10.1 Å². The summed E-state index contributed by atoms with van der Waals surface area (Å²) in [6.07, 6.45) is 1.69. The summed E-state index contributed by atoms with van der Waals surface area (Å²) in [7, 11) is 0. The SMILES string of the molecule is Cl.O=[N+]([O-])c1ccc(N=C(Cl)c2cc(N3CCOCC3)ccn2)cc1. The average Bonchev–Trinajstić information content (AvgIpc) is 2.63. The van der Waals surface area contributed by atoms with Crippen molar-refractivity contribution >= 4 is 46.2 Å². The number of nitrogens with zero attached hydrogens (tertiary/aromatic N) is 4. The van der Waals surface area contributed by atoms with Crippen LogP contribution >= 0.6 is 24.0 Å². The van der Waals surface area contributed by atoms with Crippen molar-refractivity contribution in [1.82, 2.24) is 4.98 Å². The minimum absolute atomic E-state index is 0. The first-order chi connectivity index (χ1) is 11.6. The standard InChI is InChI=1S/C16H15ClN4O3.ClH/c17-16(19-12-1-3-13(4-2-12)21(22)23)15-11-14(5-6-18-15)20-7-9-24-10-8-20;/h1-6,11H,7-10H2;1H. The molecule has 0 amide bonds. The van der Waals surface area contributed by atoms with E-state index in [-0.39, 0.29) is 23.3 Å². The van der Waals surface area contributed by atoms with E-state index in [1.807, 2.05) is 12.1 Å². The van der Waals surface area contributed by atoms with Gasteiger partial charge in [-0.15, -0.1) is 12.4 Å². The Morgan fingerprint density at radius 2 is 1.92 bits per heavy atom. The largest absolute Gasteiger partial charge is 0.378 e. The quantitative estimate of drug-likeness (QED) is 0.458. The molecule has 0 saturated carbocycles. The number of nitro benzene ring substituents is 1. The maximum atomic E-state index is 10.7. The summed E-state index contributed by atoms with van der Waals surface area (Å²) < 4.78 is 5.35. The Morgan fingerprint density at radius 3 is 2.56 bits per heavy atom. The number of hydrogen-bond acceptors (Lipinski definition) is 6. The third-order valence-electron chi connectivity index (χ3n) is 3.62. The predicted octanol–water partition coefficient (Wildman–Crippen LogP) is 3.57. The van der Waals surface area contributed by atoms with E-state index in [1.165, 1.54) is 12.1 Å². The fourth-order valence-corrected chi connectivity index (χ4v) is 2.57. The van der Waals surface area contributed by atoms with Crippen LogP contribution in [0, 0.1) is 10.1 Å². The van der Waals surface area contributed by atoms with Crippen LogP contribution < -0.4 is 4.90 Å². The van der Waals surface area contributed by atoms with Crippen molar-refractivity contribution in [2.75, 3.05) is 31.2 Å². The molecular weight excluding hydrogens is 367 g/mol. The van der Waals surface area contributed by atoms with Crippen LogP contribution in [0.1, 0.15) is 5.69 Å². The number of halogens is 2. The smallest absolute Gasteiger partial charge is 0.269 e. The van der Waals surface area contributed by atoms with Gasteiger partial charge in [-0.1, -0.05) is 11.6 Å². The van der Waals surface area contributed by atoms with Gasteiger partial charge in [0.15, 0.2) is 5.17 Å². The van der Waals surface area contributed by atoms with Gasteiger partial charge in [0.05, 0.1) is 23.8 Å². The van der Waals surface area contributed by atoms with Crippen LogP contribution in [0.25, 0.3) is 0 Å². The molecule has 2 aromatic rings. The zero-order valence-corrected chi connectivity index (χ0v) is 14.7. The zero-order chi connectivity index (χ0) is 16.9. The number of nitro groups is 1. The number of anilines is 1. The van der Waals surface area contributed by atoms with Gasteiger partial charge in [0.1, 0.15) is 5.69 Å². The molecule has 1 aliphatic heterocycles. The van der Waals surface area contributed by atoms with E-state index < -0.39 is 4.92 Å². The minimum atomic E-state index is -0.456. The number of aliphatic imine (C=N–C) groups is 1. The second-order valence-electron chi connectivity index (χ2n) is 5.17. The summed E-state index contributed by atoms with van der Waals surface area (Å²) in [4.78, 5) is 20.9. The summed E-state index contributed by atoms with van der Waals surface area (Å²) >= 11 is 6.26. The minimum Gasteiger partial charge on any atom is -0.378 e. The van der Waals surface area contributed by atoms with Crippen molar-refractivity contribution in [1.29, 1.82) is 0 Å². The molecule has 0 bridgehead atoms. The van der Waals surface area contributed by atoms with E-state index in [2.05, 4.69) is 14.9 Å². The monoisotopic (exact) mass is 382 g/mol. The number of morpholine rings is 1. The molecule has 1 aromatic carbocycles. The molecule has 0 atom stereocenters. The van der Waals surface area contributed by atoms with Crippen molar-refractivity contribution in [2.24, 2.45) is 4.99 Å². The van der Waals surface area contributed by atoms with Crippen molar-refractivity contribution in [2.45, 2.75) is 0 Å². The predicted molar refractivity (Wildman–Crippen MR) is 99.7 cm³/mol. The average molecular weight is 383 g/mol. The Kier molecular flexibility index (Phi) is 6.69. The Bertz CT molecular complexity index is 762. The molecule has 3 rings (SSSR count). The van der Waals surface area contributed by atoms with Crippen molar-refractivity contribution in [3.05, 3.63) is 58.4 Å². The lowest BCUT2D eigenvalue weighted by Crippen LogP contribution is -2.36. The molecule has 25 heavy (non-hydrogen) atoms. The van der Waals surface area contributed by atoms with Gasteiger partial charge in [0.25, 0.3) is 5.69 Å². The lowest BCUT2D eigenvalue weighted by atomic mass is 10.2. The molecular formula is C16H16Cl2N4O3. The normalized spacial score (nSPS) is 14.8. The van der Waals surface area contributed by atoms with Crippen LogP contribution in [-0.4, -0.2) is 41.4 Å². The van der Waals surface area contributed by atoms with E-state index in [0.29, 0.717) is 24.6 Å². The summed E-state index contributed by atoms with van der Waals surface area (Å²) in [5.41, 5.74) is 2.11.